The van der Waals surface area contributed by atoms with Crippen molar-refractivity contribution in [3.63, 3.8) is 0 Å². The molecule has 0 fully saturated rings. The van der Waals surface area contributed by atoms with Gasteiger partial charge in [-0.3, -0.25) is 10.1 Å². The van der Waals surface area contributed by atoms with Gasteiger partial charge >= 0.3 is 5.00 Å². The van der Waals surface area contributed by atoms with E-state index in [4.69, 9.17) is 0 Å². The second-order valence-corrected chi connectivity index (χ2v) is 5.15. The average molecular weight is 275 g/mol. The highest BCUT2D eigenvalue weighted by Gasteiger charge is 2.09. The summed E-state index contributed by atoms with van der Waals surface area (Å²) in [7, 11) is 3.97. The Bertz CT molecular complexity index is 603. The van der Waals surface area contributed by atoms with Gasteiger partial charge in [-0.15, -0.1) is 0 Å². The standard InChI is InChI=1S/C13H13N3O2S/c1-15(2)11-6-3-10(4-7-11)5-8-12-14-9-13(19-12)16(17)18/h3-9H,1-2H3/b8-5+. The number of hydrogen-bond donors (Lipinski definition) is 0. The van der Waals surface area contributed by atoms with Crippen molar-refractivity contribution in [2.45, 2.75) is 0 Å². The molecule has 0 atom stereocenters. The summed E-state index contributed by atoms with van der Waals surface area (Å²) >= 11 is 1.06. The van der Waals surface area contributed by atoms with Gasteiger partial charge in [0.2, 0.25) is 0 Å². The first-order chi connectivity index (χ1) is 9.06. The Hall–Kier alpha value is -2.21. The molecule has 1 heterocycles. The van der Waals surface area contributed by atoms with Gasteiger partial charge in [0.1, 0.15) is 11.2 Å². The topological polar surface area (TPSA) is 59.3 Å². The number of benzene rings is 1. The summed E-state index contributed by atoms with van der Waals surface area (Å²) in [5.41, 5.74) is 2.16. The van der Waals surface area contributed by atoms with Crippen LogP contribution in [0.25, 0.3) is 12.2 Å². The van der Waals surface area contributed by atoms with Gasteiger partial charge in [0.25, 0.3) is 0 Å². The van der Waals surface area contributed by atoms with Crippen LogP contribution >= 0.6 is 11.3 Å². The molecule has 0 spiro atoms. The molecule has 0 saturated carbocycles. The number of thiazole rings is 1. The van der Waals surface area contributed by atoms with Crippen molar-refractivity contribution < 1.29 is 4.92 Å². The molecule has 0 bridgehead atoms. The van der Waals surface area contributed by atoms with Gasteiger partial charge in [0.15, 0.2) is 0 Å². The van der Waals surface area contributed by atoms with Crippen LogP contribution < -0.4 is 4.90 Å². The zero-order valence-corrected chi connectivity index (χ0v) is 11.4. The summed E-state index contributed by atoms with van der Waals surface area (Å²) in [6, 6.07) is 8.02. The first-order valence-corrected chi connectivity index (χ1v) is 6.43. The van der Waals surface area contributed by atoms with Crippen molar-refractivity contribution in [2.75, 3.05) is 19.0 Å². The number of rotatable bonds is 4. The summed E-state index contributed by atoms with van der Waals surface area (Å²) in [6.07, 6.45) is 4.95. The lowest BCUT2D eigenvalue weighted by Crippen LogP contribution is -2.07. The molecule has 0 radical (unpaired) electrons. The van der Waals surface area contributed by atoms with E-state index in [2.05, 4.69) is 4.98 Å². The molecule has 5 nitrogen and oxygen atoms in total. The first kappa shape index (κ1) is 13.2. The Balaban J connectivity index is 2.11. The third kappa shape index (κ3) is 3.38. The van der Waals surface area contributed by atoms with Gasteiger partial charge in [-0.2, -0.15) is 0 Å². The lowest BCUT2D eigenvalue weighted by molar-refractivity contribution is -0.380. The summed E-state index contributed by atoms with van der Waals surface area (Å²) in [5, 5.41) is 11.2. The maximum Gasteiger partial charge on any atom is 0.344 e. The smallest absolute Gasteiger partial charge is 0.344 e. The van der Waals surface area contributed by atoms with Crippen molar-refractivity contribution in [1.29, 1.82) is 0 Å². The molecule has 19 heavy (non-hydrogen) atoms. The fourth-order valence-electron chi connectivity index (χ4n) is 1.49. The van der Waals surface area contributed by atoms with E-state index in [9.17, 15) is 10.1 Å². The maximum atomic E-state index is 10.5. The van der Waals surface area contributed by atoms with Crippen LogP contribution in [0.2, 0.25) is 0 Å². The Morgan fingerprint density at radius 3 is 2.47 bits per heavy atom. The third-order valence-corrected chi connectivity index (χ3v) is 3.43. The molecule has 1 aromatic carbocycles. The minimum atomic E-state index is -0.430. The highest BCUT2D eigenvalue weighted by Crippen LogP contribution is 2.22. The predicted molar refractivity (Wildman–Crippen MR) is 78.5 cm³/mol. The van der Waals surface area contributed by atoms with E-state index in [1.165, 1.54) is 6.20 Å². The Labute approximate surface area is 115 Å². The summed E-state index contributed by atoms with van der Waals surface area (Å²) < 4.78 is 0. The molecule has 0 aliphatic rings. The highest BCUT2D eigenvalue weighted by atomic mass is 32.1. The number of hydrogen-bond acceptors (Lipinski definition) is 5. The second kappa shape index (κ2) is 5.62. The molecule has 0 saturated heterocycles. The van der Waals surface area contributed by atoms with Crippen molar-refractivity contribution in [1.82, 2.24) is 4.98 Å². The highest BCUT2D eigenvalue weighted by molar-refractivity contribution is 7.15. The summed E-state index contributed by atoms with van der Waals surface area (Å²) in [5.74, 6) is 0. The first-order valence-electron chi connectivity index (χ1n) is 5.62. The van der Waals surface area contributed by atoms with Crippen LogP contribution in [0.1, 0.15) is 10.6 Å². The number of anilines is 1. The molecule has 2 aromatic rings. The Kier molecular flexibility index (Phi) is 3.91. The predicted octanol–water partition coefficient (Wildman–Crippen LogP) is 3.29. The largest absolute Gasteiger partial charge is 0.378 e. The molecule has 0 aliphatic carbocycles. The number of nitro groups is 1. The van der Waals surface area contributed by atoms with Gasteiger partial charge in [0.05, 0.1) is 4.92 Å². The quantitative estimate of drug-likeness (QED) is 0.634. The zero-order valence-electron chi connectivity index (χ0n) is 10.6. The van der Waals surface area contributed by atoms with Gasteiger partial charge in [-0.25, -0.2) is 4.98 Å². The molecule has 6 heteroatoms. The van der Waals surface area contributed by atoms with Crippen LogP contribution in [0.4, 0.5) is 10.7 Å². The van der Waals surface area contributed by atoms with E-state index in [0.717, 1.165) is 22.6 Å². The monoisotopic (exact) mass is 275 g/mol. The molecule has 0 amide bonds. The van der Waals surface area contributed by atoms with Gasteiger partial charge in [-0.1, -0.05) is 18.2 Å². The minimum absolute atomic E-state index is 0.0580. The van der Waals surface area contributed by atoms with E-state index in [-0.39, 0.29) is 5.00 Å². The van der Waals surface area contributed by atoms with E-state index >= 15 is 0 Å². The van der Waals surface area contributed by atoms with Crippen LogP contribution in [0, 0.1) is 10.1 Å². The van der Waals surface area contributed by atoms with Crippen molar-refractivity contribution in [3.8, 4) is 0 Å². The second-order valence-electron chi connectivity index (χ2n) is 4.11. The van der Waals surface area contributed by atoms with Crippen molar-refractivity contribution in [3.05, 3.63) is 51.1 Å². The van der Waals surface area contributed by atoms with Gasteiger partial charge in [-0.05, 0) is 35.1 Å². The molecular formula is C13H13N3O2S. The third-order valence-electron chi connectivity index (χ3n) is 2.52. The average Bonchev–Trinajstić information content (AvgIpc) is 2.86. The fraction of sp³-hybridized carbons (Fsp3) is 0.154. The van der Waals surface area contributed by atoms with Crippen LogP contribution in [0.5, 0.6) is 0 Å². The lowest BCUT2D eigenvalue weighted by Gasteiger charge is -2.11. The van der Waals surface area contributed by atoms with E-state index in [1.807, 2.05) is 49.3 Å². The molecule has 98 valence electrons. The van der Waals surface area contributed by atoms with E-state index < -0.39 is 4.92 Å². The fourth-order valence-corrected chi connectivity index (χ4v) is 2.13. The zero-order chi connectivity index (χ0) is 13.8. The molecular weight excluding hydrogens is 262 g/mol. The summed E-state index contributed by atoms with van der Waals surface area (Å²) in [6.45, 7) is 0. The molecule has 0 N–H and O–H groups in total. The number of aromatic nitrogens is 1. The molecule has 0 unspecified atom stereocenters. The summed E-state index contributed by atoms with van der Waals surface area (Å²) in [4.78, 5) is 16.1. The number of nitrogens with zero attached hydrogens (tertiary/aromatic N) is 3. The van der Waals surface area contributed by atoms with Crippen LogP contribution in [0.3, 0.4) is 0 Å². The van der Waals surface area contributed by atoms with Crippen molar-refractivity contribution >= 4 is 34.2 Å². The molecule has 0 aliphatic heterocycles. The Morgan fingerprint density at radius 1 is 1.26 bits per heavy atom. The van der Waals surface area contributed by atoms with Gasteiger partial charge in [0, 0.05) is 19.8 Å². The van der Waals surface area contributed by atoms with Crippen LogP contribution in [-0.4, -0.2) is 24.0 Å². The maximum absolute atomic E-state index is 10.5. The van der Waals surface area contributed by atoms with E-state index in [0.29, 0.717) is 5.01 Å². The normalized spacial score (nSPS) is 10.8. The van der Waals surface area contributed by atoms with E-state index in [1.54, 1.807) is 6.08 Å². The Morgan fingerprint density at radius 2 is 1.95 bits per heavy atom. The SMILES string of the molecule is CN(C)c1ccc(/C=C/c2ncc([N+](=O)[O-])s2)cc1. The lowest BCUT2D eigenvalue weighted by atomic mass is 10.2. The van der Waals surface area contributed by atoms with Crippen LogP contribution in [0.15, 0.2) is 30.5 Å². The minimum Gasteiger partial charge on any atom is -0.378 e. The molecule has 2 rings (SSSR count). The van der Waals surface area contributed by atoms with Crippen molar-refractivity contribution in [2.24, 2.45) is 0 Å². The molecule has 1 aromatic heterocycles. The van der Waals surface area contributed by atoms with Gasteiger partial charge < -0.3 is 4.90 Å². The van der Waals surface area contributed by atoms with Crippen LogP contribution in [-0.2, 0) is 0 Å².